The number of hydrogen-bond acceptors (Lipinski definition) is 3. The average Bonchev–Trinajstić information content (AvgIpc) is 2.53. The quantitative estimate of drug-likeness (QED) is 0.910. The lowest BCUT2D eigenvalue weighted by Crippen LogP contribution is -2.09. The number of halogens is 2. The maximum absolute atomic E-state index is 12.4. The summed E-state index contributed by atoms with van der Waals surface area (Å²) in [5, 5.41) is 13.3. The molecule has 18 heavy (non-hydrogen) atoms. The number of aryl methyl sites for hydroxylation is 2. The van der Waals surface area contributed by atoms with Gasteiger partial charge in [0.25, 0.3) is 6.43 Å². The zero-order valence-electron chi connectivity index (χ0n) is 9.81. The first-order valence-electron chi connectivity index (χ1n) is 5.26. The Morgan fingerprint density at radius 3 is 2.72 bits per heavy atom. The number of aromatic nitrogens is 3. The number of rotatable bonds is 3. The van der Waals surface area contributed by atoms with Crippen molar-refractivity contribution in [1.29, 1.82) is 0 Å². The lowest BCUT2D eigenvalue weighted by atomic mass is 10.1. The molecule has 5 nitrogen and oxygen atoms in total. The molecular formula is C11H11F2N3O2. The summed E-state index contributed by atoms with van der Waals surface area (Å²) in [6.07, 6.45) is -2.57. The molecule has 2 aromatic heterocycles. The molecule has 0 aliphatic rings. The smallest absolute Gasteiger partial charge is 0.336 e. The van der Waals surface area contributed by atoms with E-state index in [-0.39, 0.29) is 11.2 Å². The average molecular weight is 255 g/mol. The molecule has 0 saturated carbocycles. The van der Waals surface area contributed by atoms with Gasteiger partial charge in [0.15, 0.2) is 5.65 Å². The zero-order chi connectivity index (χ0) is 13.4. The van der Waals surface area contributed by atoms with Gasteiger partial charge in [-0.2, -0.15) is 5.10 Å². The minimum Gasteiger partial charge on any atom is -0.478 e. The molecule has 1 N–H and O–H groups in total. The monoisotopic (exact) mass is 255 g/mol. The summed E-state index contributed by atoms with van der Waals surface area (Å²) in [5.74, 6) is -1.12. The zero-order valence-corrected chi connectivity index (χ0v) is 9.81. The number of carboxylic acid groups (broad SMARTS) is 1. The van der Waals surface area contributed by atoms with Gasteiger partial charge >= 0.3 is 5.97 Å². The largest absolute Gasteiger partial charge is 0.478 e. The van der Waals surface area contributed by atoms with Crippen LogP contribution in [0.3, 0.4) is 0 Å². The van der Waals surface area contributed by atoms with Crippen LogP contribution in [0.1, 0.15) is 21.7 Å². The summed E-state index contributed by atoms with van der Waals surface area (Å²) < 4.78 is 25.9. The summed E-state index contributed by atoms with van der Waals surface area (Å²) in [4.78, 5) is 15.2. The number of alkyl halides is 2. The van der Waals surface area contributed by atoms with Gasteiger partial charge in [0.05, 0.1) is 16.6 Å². The van der Waals surface area contributed by atoms with Crippen molar-refractivity contribution in [1.82, 2.24) is 14.8 Å². The van der Waals surface area contributed by atoms with Crippen molar-refractivity contribution >= 4 is 17.0 Å². The third kappa shape index (κ3) is 2.03. The third-order valence-corrected chi connectivity index (χ3v) is 2.55. The van der Waals surface area contributed by atoms with Crippen molar-refractivity contribution in [2.75, 3.05) is 0 Å². The van der Waals surface area contributed by atoms with Crippen LogP contribution in [-0.4, -0.2) is 32.3 Å². The van der Waals surface area contributed by atoms with E-state index < -0.39 is 18.9 Å². The standard InChI is InChI=1S/C11H11F2N3O2/c1-5-3-7(11(17)18)9-6(2)15-16(4-8(12)13)10(9)14-5/h3,8H,4H2,1-2H3,(H,17,18). The molecule has 2 heterocycles. The van der Waals surface area contributed by atoms with Crippen LogP contribution >= 0.6 is 0 Å². The molecule has 96 valence electrons. The second-order valence-corrected chi connectivity index (χ2v) is 3.97. The van der Waals surface area contributed by atoms with E-state index in [1.54, 1.807) is 13.8 Å². The van der Waals surface area contributed by atoms with Gasteiger partial charge in [0.1, 0.15) is 6.54 Å². The normalized spacial score (nSPS) is 11.4. The van der Waals surface area contributed by atoms with Crippen molar-refractivity contribution in [3.63, 3.8) is 0 Å². The Kier molecular flexibility index (Phi) is 2.98. The van der Waals surface area contributed by atoms with Crippen LogP contribution in [0, 0.1) is 13.8 Å². The minimum absolute atomic E-state index is 0.0375. The highest BCUT2D eigenvalue weighted by molar-refractivity contribution is 6.02. The first-order valence-corrected chi connectivity index (χ1v) is 5.26. The molecule has 2 aromatic rings. The van der Waals surface area contributed by atoms with E-state index >= 15 is 0 Å². The number of carboxylic acids is 1. The molecule has 0 unspecified atom stereocenters. The van der Waals surface area contributed by atoms with E-state index in [2.05, 4.69) is 10.1 Å². The topological polar surface area (TPSA) is 68.0 Å². The fraction of sp³-hybridized carbons (Fsp3) is 0.364. The Bertz CT molecular complexity index is 622. The van der Waals surface area contributed by atoms with Gasteiger partial charge < -0.3 is 5.11 Å². The Morgan fingerprint density at radius 1 is 1.50 bits per heavy atom. The Morgan fingerprint density at radius 2 is 2.17 bits per heavy atom. The molecule has 0 atom stereocenters. The summed E-state index contributed by atoms with van der Waals surface area (Å²) >= 11 is 0. The van der Waals surface area contributed by atoms with E-state index in [1.807, 2.05) is 0 Å². The molecule has 2 rings (SSSR count). The van der Waals surface area contributed by atoms with E-state index in [9.17, 15) is 13.6 Å². The summed E-state index contributed by atoms with van der Waals surface area (Å²) in [6.45, 7) is 2.59. The lowest BCUT2D eigenvalue weighted by Gasteiger charge is -2.03. The van der Waals surface area contributed by atoms with Crippen LogP contribution in [-0.2, 0) is 6.54 Å². The number of fused-ring (bicyclic) bond motifs is 1. The van der Waals surface area contributed by atoms with Crippen molar-refractivity contribution in [3.05, 3.63) is 23.0 Å². The molecule has 0 bridgehead atoms. The Balaban J connectivity index is 2.75. The number of nitrogens with zero attached hydrogens (tertiary/aromatic N) is 3. The molecule has 7 heteroatoms. The van der Waals surface area contributed by atoms with E-state index in [1.165, 1.54) is 6.07 Å². The maximum Gasteiger partial charge on any atom is 0.336 e. The van der Waals surface area contributed by atoms with Crippen LogP contribution in [0.25, 0.3) is 11.0 Å². The van der Waals surface area contributed by atoms with Crippen LogP contribution < -0.4 is 0 Å². The van der Waals surface area contributed by atoms with Crippen LogP contribution in [0.2, 0.25) is 0 Å². The number of pyridine rings is 1. The molecule has 0 saturated heterocycles. The Hall–Kier alpha value is -2.05. The van der Waals surface area contributed by atoms with Gasteiger partial charge in [-0.15, -0.1) is 0 Å². The number of aromatic carboxylic acids is 1. The third-order valence-electron chi connectivity index (χ3n) is 2.55. The number of hydrogen-bond donors (Lipinski definition) is 1. The maximum atomic E-state index is 12.4. The predicted octanol–water partition coefficient (Wildman–Crippen LogP) is 2.01. The van der Waals surface area contributed by atoms with Gasteiger partial charge in [-0.25, -0.2) is 23.2 Å². The van der Waals surface area contributed by atoms with Crippen molar-refractivity contribution in [2.45, 2.75) is 26.8 Å². The summed E-state index contributed by atoms with van der Waals surface area (Å²) in [7, 11) is 0. The van der Waals surface area contributed by atoms with Gasteiger partial charge in [0.2, 0.25) is 0 Å². The lowest BCUT2D eigenvalue weighted by molar-refractivity contribution is 0.0698. The van der Waals surface area contributed by atoms with Crippen LogP contribution in [0.4, 0.5) is 8.78 Å². The number of carbonyl (C=O) groups is 1. The van der Waals surface area contributed by atoms with Crippen molar-refractivity contribution in [3.8, 4) is 0 Å². The molecule has 0 spiro atoms. The Labute approximate surface area is 101 Å². The van der Waals surface area contributed by atoms with Gasteiger partial charge in [-0.05, 0) is 19.9 Å². The first kappa shape index (κ1) is 12.4. The second-order valence-electron chi connectivity index (χ2n) is 3.97. The summed E-state index contributed by atoms with van der Waals surface area (Å²) in [6, 6.07) is 1.41. The highest BCUT2D eigenvalue weighted by Crippen LogP contribution is 2.22. The van der Waals surface area contributed by atoms with E-state index in [0.29, 0.717) is 16.8 Å². The fourth-order valence-electron chi connectivity index (χ4n) is 1.91. The molecule has 0 fully saturated rings. The highest BCUT2D eigenvalue weighted by Gasteiger charge is 2.19. The van der Waals surface area contributed by atoms with Gasteiger partial charge in [0, 0.05) is 5.69 Å². The second kappa shape index (κ2) is 4.32. The van der Waals surface area contributed by atoms with Gasteiger partial charge in [-0.3, -0.25) is 0 Å². The van der Waals surface area contributed by atoms with Crippen LogP contribution in [0.5, 0.6) is 0 Å². The molecule has 0 aliphatic heterocycles. The van der Waals surface area contributed by atoms with E-state index in [0.717, 1.165) is 4.68 Å². The van der Waals surface area contributed by atoms with Crippen LogP contribution in [0.15, 0.2) is 6.07 Å². The molecule has 0 aromatic carbocycles. The first-order chi connectivity index (χ1) is 8.40. The molecular weight excluding hydrogens is 244 g/mol. The molecule has 0 radical (unpaired) electrons. The van der Waals surface area contributed by atoms with Crippen molar-refractivity contribution < 1.29 is 18.7 Å². The highest BCUT2D eigenvalue weighted by atomic mass is 19.3. The molecule has 0 amide bonds. The molecule has 0 aliphatic carbocycles. The van der Waals surface area contributed by atoms with E-state index in [4.69, 9.17) is 5.11 Å². The van der Waals surface area contributed by atoms with Crippen molar-refractivity contribution in [2.24, 2.45) is 0 Å². The summed E-state index contributed by atoms with van der Waals surface area (Å²) in [5.41, 5.74) is 1.06. The fourth-order valence-corrected chi connectivity index (χ4v) is 1.91. The SMILES string of the molecule is Cc1cc(C(=O)O)c2c(C)nn(CC(F)F)c2n1. The predicted molar refractivity (Wildman–Crippen MR) is 60.0 cm³/mol. The van der Waals surface area contributed by atoms with Gasteiger partial charge in [-0.1, -0.05) is 0 Å². The minimum atomic E-state index is -2.57.